The Kier molecular flexibility index (Phi) is 4.61. The van der Waals surface area contributed by atoms with Crippen molar-refractivity contribution in [2.45, 2.75) is 12.3 Å². The molecule has 0 saturated heterocycles. The molecule has 0 bridgehead atoms. The second-order valence-corrected chi connectivity index (χ2v) is 4.58. The summed E-state index contributed by atoms with van der Waals surface area (Å²) in [5.41, 5.74) is 0.747. The lowest BCUT2D eigenvalue weighted by molar-refractivity contribution is -0.136. The number of hydrogen-bond donors (Lipinski definition) is 2. The standard InChI is InChI=1S/C17H16O4/c1-2-3-16(12-4-6-13(18)7-5-12)17(20)21-15-10-8-14(19)9-11-15/h2,4-11,16,18-19H,1,3H2. The Hall–Kier alpha value is -2.75. The van der Waals surface area contributed by atoms with Crippen molar-refractivity contribution in [1.29, 1.82) is 0 Å². The van der Waals surface area contributed by atoms with Gasteiger partial charge in [0.1, 0.15) is 17.2 Å². The molecule has 0 saturated carbocycles. The molecule has 0 aromatic heterocycles. The molecule has 0 radical (unpaired) electrons. The van der Waals surface area contributed by atoms with Crippen molar-refractivity contribution in [2.24, 2.45) is 0 Å². The number of rotatable bonds is 5. The summed E-state index contributed by atoms with van der Waals surface area (Å²) in [6, 6.07) is 12.4. The summed E-state index contributed by atoms with van der Waals surface area (Å²) < 4.78 is 5.31. The molecule has 2 aromatic rings. The molecule has 2 aromatic carbocycles. The Balaban J connectivity index is 2.17. The lowest BCUT2D eigenvalue weighted by Gasteiger charge is -2.14. The van der Waals surface area contributed by atoms with E-state index in [0.29, 0.717) is 12.2 Å². The van der Waals surface area contributed by atoms with Crippen LogP contribution in [0.3, 0.4) is 0 Å². The van der Waals surface area contributed by atoms with E-state index < -0.39 is 11.9 Å². The van der Waals surface area contributed by atoms with Crippen LogP contribution in [-0.4, -0.2) is 16.2 Å². The van der Waals surface area contributed by atoms with Gasteiger partial charge in [0, 0.05) is 0 Å². The van der Waals surface area contributed by atoms with Gasteiger partial charge in [-0.3, -0.25) is 4.79 Å². The molecular formula is C17H16O4. The third-order valence-electron chi connectivity index (χ3n) is 3.04. The van der Waals surface area contributed by atoms with Gasteiger partial charge >= 0.3 is 5.97 Å². The van der Waals surface area contributed by atoms with E-state index in [2.05, 4.69) is 6.58 Å². The fourth-order valence-electron chi connectivity index (χ4n) is 1.94. The first-order valence-corrected chi connectivity index (χ1v) is 6.50. The van der Waals surface area contributed by atoms with Gasteiger partial charge in [0.05, 0.1) is 5.92 Å². The molecule has 0 fully saturated rings. The van der Waals surface area contributed by atoms with Gasteiger partial charge in [-0.15, -0.1) is 6.58 Å². The molecule has 2 N–H and O–H groups in total. The van der Waals surface area contributed by atoms with Gasteiger partial charge in [-0.2, -0.15) is 0 Å². The van der Waals surface area contributed by atoms with Crippen molar-refractivity contribution >= 4 is 5.97 Å². The minimum absolute atomic E-state index is 0.107. The van der Waals surface area contributed by atoms with E-state index >= 15 is 0 Å². The number of phenolic OH excluding ortho intramolecular Hbond substituents is 2. The van der Waals surface area contributed by atoms with Crippen LogP contribution in [0.15, 0.2) is 61.2 Å². The predicted octanol–water partition coefficient (Wildman–Crippen LogP) is 3.36. The van der Waals surface area contributed by atoms with E-state index in [0.717, 1.165) is 5.56 Å². The predicted molar refractivity (Wildman–Crippen MR) is 79.4 cm³/mol. The van der Waals surface area contributed by atoms with Crippen molar-refractivity contribution in [1.82, 2.24) is 0 Å². The van der Waals surface area contributed by atoms with Gasteiger partial charge in [-0.05, 0) is 48.4 Å². The highest BCUT2D eigenvalue weighted by atomic mass is 16.5. The average molecular weight is 284 g/mol. The molecule has 21 heavy (non-hydrogen) atoms. The smallest absolute Gasteiger partial charge is 0.319 e. The zero-order chi connectivity index (χ0) is 15.2. The quantitative estimate of drug-likeness (QED) is 0.502. The van der Waals surface area contributed by atoms with Crippen molar-refractivity contribution in [3.05, 3.63) is 66.7 Å². The third-order valence-corrected chi connectivity index (χ3v) is 3.04. The van der Waals surface area contributed by atoms with Crippen LogP contribution in [0.1, 0.15) is 17.9 Å². The molecular weight excluding hydrogens is 268 g/mol. The topological polar surface area (TPSA) is 66.8 Å². The number of hydrogen-bond acceptors (Lipinski definition) is 4. The molecule has 4 heteroatoms. The Morgan fingerprint density at radius 1 is 1.05 bits per heavy atom. The Morgan fingerprint density at radius 2 is 1.57 bits per heavy atom. The molecule has 0 spiro atoms. The molecule has 0 aliphatic rings. The fraction of sp³-hybridized carbons (Fsp3) is 0.118. The van der Waals surface area contributed by atoms with Crippen LogP contribution in [0, 0.1) is 0 Å². The Labute approximate surface area is 122 Å². The van der Waals surface area contributed by atoms with Gasteiger partial charge in [0.2, 0.25) is 0 Å². The summed E-state index contributed by atoms with van der Waals surface area (Å²) in [6.45, 7) is 3.65. The SMILES string of the molecule is C=CCC(C(=O)Oc1ccc(O)cc1)c1ccc(O)cc1. The maximum Gasteiger partial charge on any atom is 0.319 e. The van der Waals surface area contributed by atoms with E-state index in [1.807, 2.05) is 0 Å². The lowest BCUT2D eigenvalue weighted by Crippen LogP contribution is -2.18. The van der Waals surface area contributed by atoms with Crippen LogP contribution >= 0.6 is 0 Å². The number of esters is 1. The molecule has 4 nitrogen and oxygen atoms in total. The van der Waals surface area contributed by atoms with Crippen molar-refractivity contribution in [3.8, 4) is 17.2 Å². The zero-order valence-corrected chi connectivity index (χ0v) is 11.4. The molecule has 0 amide bonds. The number of aromatic hydroxyl groups is 2. The van der Waals surface area contributed by atoms with Gasteiger partial charge < -0.3 is 14.9 Å². The highest BCUT2D eigenvalue weighted by molar-refractivity contribution is 5.80. The molecule has 0 heterocycles. The summed E-state index contributed by atoms with van der Waals surface area (Å²) >= 11 is 0. The number of allylic oxidation sites excluding steroid dienone is 1. The average Bonchev–Trinajstić information content (AvgIpc) is 2.48. The van der Waals surface area contributed by atoms with Gasteiger partial charge in [0.15, 0.2) is 0 Å². The fourth-order valence-corrected chi connectivity index (χ4v) is 1.94. The molecule has 1 atom stereocenters. The summed E-state index contributed by atoms with van der Waals surface area (Å²) in [7, 11) is 0. The van der Waals surface area contributed by atoms with Crippen molar-refractivity contribution in [2.75, 3.05) is 0 Å². The number of benzene rings is 2. The summed E-state index contributed by atoms with van der Waals surface area (Å²) in [6.07, 6.45) is 2.08. The van der Waals surface area contributed by atoms with E-state index in [9.17, 15) is 15.0 Å². The van der Waals surface area contributed by atoms with Crippen molar-refractivity contribution in [3.63, 3.8) is 0 Å². The monoisotopic (exact) mass is 284 g/mol. The summed E-state index contributed by atoms with van der Waals surface area (Å²) in [5.74, 6) is -0.284. The number of ether oxygens (including phenoxy) is 1. The largest absolute Gasteiger partial charge is 0.508 e. The highest BCUT2D eigenvalue weighted by Gasteiger charge is 2.21. The molecule has 1 unspecified atom stereocenters. The number of phenols is 2. The second-order valence-electron chi connectivity index (χ2n) is 4.58. The van der Waals surface area contributed by atoms with Crippen LogP contribution in [0.5, 0.6) is 17.2 Å². The maximum absolute atomic E-state index is 12.3. The van der Waals surface area contributed by atoms with Gasteiger partial charge in [0.25, 0.3) is 0 Å². The number of carbonyl (C=O) groups is 1. The summed E-state index contributed by atoms with van der Waals surface area (Å²) in [4.78, 5) is 12.3. The van der Waals surface area contributed by atoms with Crippen LogP contribution in [0.25, 0.3) is 0 Å². The Bertz CT molecular complexity index is 614. The Morgan fingerprint density at radius 3 is 2.10 bits per heavy atom. The second kappa shape index (κ2) is 6.61. The highest BCUT2D eigenvalue weighted by Crippen LogP contribution is 2.25. The van der Waals surface area contributed by atoms with Crippen LogP contribution in [0.4, 0.5) is 0 Å². The minimum atomic E-state index is -0.489. The zero-order valence-electron chi connectivity index (χ0n) is 11.4. The van der Waals surface area contributed by atoms with E-state index in [1.165, 1.54) is 36.4 Å². The first kappa shape index (κ1) is 14.7. The third kappa shape index (κ3) is 3.86. The van der Waals surface area contributed by atoms with E-state index in [-0.39, 0.29) is 11.5 Å². The molecule has 0 aliphatic heterocycles. The van der Waals surface area contributed by atoms with Gasteiger partial charge in [-0.1, -0.05) is 18.2 Å². The first-order valence-electron chi connectivity index (χ1n) is 6.50. The summed E-state index contributed by atoms with van der Waals surface area (Å²) in [5, 5.41) is 18.5. The van der Waals surface area contributed by atoms with Gasteiger partial charge in [-0.25, -0.2) is 0 Å². The molecule has 0 aliphatic carbocycles. The first-order chi connectivity index (χ1) is 10.1. The minimum Gasteiger partial charge on any atom is -0.508 e. The van der Waals surface area contributed by atoms with Crippen LogP contribution < -0.4 is 4.74 Å². The van der Waals surface area contributed by atoms with Crippen LogP contribution in [0.2, 0.25) is 0 Å². The normalized spacial score (nSPS) is 11.6. The number of carbonyl (C=O) groups excluding carboxylic acids is 1. The lowest BCUT2D eigenvalue weighted by atomic mass is 9.96. The molecule has 108 valence electrons. The van der Waals surface area contributed by atoms with Crippen molar-refractivity contribution < 1.29 is 19.7 Å². The van der Waals surface area contributed by atoms with E-state index in [4.69, 9.17) is 4.74 Å². The molecule has 2 rings (SSSR count). The van der Waals surface area contributed by atoms with Crippen LogP contribution in [-0.2, 0) is 4.79 Å². The maximum atomic E-state index is 12.3. The van der Waals surface area contributed by atoms with E-state index in [1.54, 1.807) is 18.2 Å².